The molecule has 14 unspecified atom stereocenters. The minimum atomic E-state index is -1.39. The third-order valence-electron chi connectivity index (χ3n) is 16.3. The van der Waals surface area contributed by atoms with Gasteiger partial charge < -0.3 is 154 Å². The van der Waals surface area contributed by atoms with Crippen molar-refractivity contribution in [2.75, 3.05) is 178 Å². The number of nitrogens with one attached hydrogen (secondary N) is 4. The zero-order valence-electron chi connectivity index (χ0n) is 61.6. The van der Waals surface area contributed by atoms with Crippen LogP contribution >= 0.6 is 0 Å². The number of aliphatic carboxylic acids is 1. The van der Waals surface area contributed by atoms with Gasteiger partial charge in [-0.05, 0) is 12.8 Å². The Hall–Kier alpha value is -5.16. The van der Waals surface area contributed by atoms with E-state index in [1.165, 1.54) is 20.8 Å². The lowest BCUT2D eigenvalue weighted by atomic mass is 9.98. The number of rotatable bonds is 63. The number of carbonyl (C=O) groups excluding carboxylic acids is 7. The van der Waals surface area contributed by atoms with Crippen LogP contribution in [0.25, 0.3) is 0 Å². The molecule has 3 saturated heterocycles. The Kier molecular flexibility index (Phi) is 51.9. The van der Waals surface area contributed by atoms with Gasteiger partial charge in [-0.3, -0.25) is 38.4 Å². The minimum Gasteiger partial charge on any atom is -0.481 e. The number of carbonyl (C=O) groups is 8. The molecule has 3 aliphatic rings. The second-order valence-electron chi connectivity index (χ2n) is 25.4. The maximum Gasteiger partial charge on any atom is 0.303 e. The van der Waals surface area contributed by atoms with Crippen LogP contribution in [0.3, 0.4) is 0 Å². The molecule has 0 saturated carbocycles. The molecule has 14 atom stereocenters. The number of amides is 4. The van der Waals surface area contributed by atoms with Gasteiger partial charge in [0.15, 0.2) is 18.9 Å². The van der Waals surface area contributed by atoms with Crippen LogP contribution in [-0.4, -0.2) is 348 Å². The number of carboxylic acid groups (broad SMARTS) is 1. The number of ether oxygens (including phenoxy) is 18. The molecule has 0 spiro atoms. The van der Waals surface area contributed by atoms with Gasteiger partial charge >= 0.3 is 23.9 Å². The van der Waals surface area contributed by atoms with Crippen molar-refractivity contribution in [1.82, 2.24) is 21.3 Å². The van der Waals surface area contributed by atoms with Crippen molar-refractivity contribution in [3.8, 4) is 0 Å². The second-order valence-corrected chi connectivity index (χ2v) is 25.4. The van der Waals surface area contributed by atoms with E-state index in [0.29, 0.717) is 12.8 Å². The van der Waals surface area contributed by atoms with Crippen molar-refractivity contribution >= 4 is 47.5 Å². The number of unbranched alkanes of at least 4 members (excludes halogenated alkanes) is 7. The smallest absolute Gasteiger partial charge is 0.303 e. The first kappa shape index (κ1) is 95.0. The van der Waals surface area contributed by atoms with E-state index in [4.69, 9.17) is 108 Å². The summed E-state index contributed by atoms with van der Waals surface area (Å²) in [5.41, 5.74) is 16.6. The van der Waals surface area contributed by atoms with E-state index in [-0.39, 0.29) is 240 Å². The van der Waals surface area contributed by atoms with Gasteiger partial charge in [-0.1, -0.05) is 38.5 Å². The van der Waals surface area contributed by atoms with Gasteiger partial charge in [0.25, 0.3) is 0 Å². The van der Waals surface area contributed by atoms with E-state index in [2.05, 4.69) is 21.3 Å². The highest BCUT2D eigenvalue weighted by molar-refractivity contribution is 5.77. The minimum absolute atomic E-state index is 0.0142. The highest BCUT2D eigenvalue weighted by atomic mass is 16.7. The Bertz CT molecular complexity index is 2330. The summed E-state index contributed by atoms with van der Waals surface area (Å²) in [6.45, 7) is 4.59. The molecular weight excluding hydrogens is 1410 g/mol. The predicted octanol–water partition coefficient (Wildman–Crippen LogP) is -4.41. The first-order valence-corrected chi connectivity index (χ1v) is 36.3. The molecule has 3 aliphatic heterocycles. The number of aliphatic hydroxyl groups is 5. The fraction of sp³-hybridized carbons (Fsp3) is 0.881. The predicted molar refractivity (Wildman–Crippen MR) is 367 cm³/mol. The molecule has 39 nitrogen and oxygen atoms in total. The van der Waals surface area contributed by atoms with Gasteiger partial charge in [0.1, 0.15) is 62.0 Å². The average molecular weight is 1540 g/mol. The van der Waals surface area contributed by atoms with Crippen LogP contribution in [0.5, 0.6) is 0 Å². The van der Waals surface area contributed by atoms with Crippen molar-refractivity contribution in [2.45, 2.75) is 202 Å². The highest BCUT2D eigenvalue weighted by Crippen LogP contribution is 2.24. The van der Waals surface area contributed by atoms with Crippen LogP contribution in [-0.2, 0) is 124 Å². The summed E-state index contributed by atoms with van der Waals surface area (Å²) in [6, 6.07) is -2.95. The maximum atomic E-state index is 13.8. The summed E-state index contributed by atoms with van der Waals surface area (Å²) in [7, 11) is 0. The van der Waals surface area contributed by atoms with E-state index in [9.17, 15) is 63.9 Å². The van der Waals surface area contributed by atoms with Crippen molar-refractivity contribution in [2.24, 2.45) is 17.2 Å². The molecule has 3 rings (SSSR count). The standard InChI is InChI=1S/C67H121N7O32/c1-45(75)101-39-48-38-49(78)57(68)64(104-48)98-35-32-92-29-26-89-23-17-71-52(79)14-20-95-42-67(74-55(82)12-10-8-6-4-5-7-9-11-13-56(83)84,43-96-21-15-53(80)72-18-24-90-27-30-93-33-36-99-65-58(69)62(87)60(85)50(105-65)40-102-46(2)76)44-97-22-16-54(81)73-19-25-91-28-31-94-34-37-100-66-59(70)63(88)61(86)51(106-66)41-103-47(3)77/h48-51,57-66,78,85-88H,4-44,68-70H2,1-3H3,(H,71,79)(H,72,80)(H,73,81)(H,74,82)(H,83,84). The van der Waals surface area contributed by atoms with Crippen LogP contribution in [0.1, 0.15) is 111 Å². The van der Waals surface area contributed by atoms with E-state index in [1.807, 2.05) is 0 Å². The third kappa shape index (κ3) is 43.9. The second kappa shape index (κ2) is 57.9. The van der Waals surface area contributed by atoms with Crippen LogP contribution in [0.4, 0.5) is 0 Å². The third-order valence-corrected chi connectivity index (χ3v) is 16.3. The van der Waals surface area contributed by atoms with Crippen LogP contribution in [0.2, 0.25) is 0 Å². The number of carboxylic acids is 1. The van der Waals surface area contributed by atoms with E-state index < -0.39 is 115 Å². The molecule has 3 heterocycles. The molecule has 0 aromatic rings. The van der Waals surface area contributed by atoms with E-state index in [0.717, 1.165) is 38.5 Å². The first-order valence-electron chi connectivity index (χ1n) is 36.3. The Labute approximate surface area is 618 Å². The van der Waals surface area contributed by atoms with Crippen molar-refractivity contribution in [3.63, 3.8) is 0 Å². The fourth-order valence-corrected chi connectivity index (χ4v) is 10.5. The Morgan fingerprint density at radius 3 is 1.08 bits per heavy atom. The van der Waals surface area contributed by atoms with Gasteiger partial charge in [-0.25, -0.2) is 0 Å². The lowest BCUT2D eigenvalue weighted by molar-refractivity contribution is -0.268. The molecule has 0 aromatic heterocycles. The maximum absolute atomic E-state index is 13.8. The fourth-order valence-electron chi connectivity index (χ4n) is 10.5. The normalized spacial score (nSPS) is 24.3. The van der Waals surface area contributed by atoms with Crippen molar-refractivity contribution in [3.05, 3.63) is 0 Å². The molecule has 3 fully saturated rings. The number of aliphatic hydroxyl groups excluding tert-OH is 5. The monoisotopic (exact) mass is 1540 g/mol. The van der Waals surface area contributed by atoms with Gasteiger partial charge in [0.05, 0.1) is 169 Å². The van der Waals surface area contributed by atoms with E-state index >= 15 is 0 Å². The van der Waals surface area contributed by atoms with Crippen molar-refractivity contribution < 1.29 is 154 Å². The molecule has 0 bridgehead atoms. The quantitative estimate of drug-likeness (QED) is 0.0155. The van der Waals surface area contributed by atoms with Gasteiger partial charge in [-0.15, -0.1) is 0 Å². The summed E-state index contributed by atoms with van der Waals surface area (Å²) in [6.07, 6.45) is -5.70. The number of hydrogen-bond acceptors (Lipinski definition) is 34. The van der Waals surface area contributed by atoms with Crippen LogP contribution in [0, 0.1) is 0 Å². The van der Waals surface area contributed by atoms with Crippen molar-refractivity contribution in [1.29, 1.82) is 0 Å². The number of esters is 3. The van der Waals surface area contributed by atoms with Crippen LogP contribution in [0.15, 0.2) is 0 Å². The Morgan fingerprint density at radius 1 is 0.377 bits per heavy atom. The SMILES string of the molecule is CC(=O)OCC1CC(O)C(N)C(OCCOCCOCCNC(=O)CCOCC(COCCC(=O)NCCOCCOCCOC2OC(COC(C)=O)C(O)C(O)C2N)(COCCC(=O)NCCOCCOCCOC2OC(COC(C)=O)C(O)C(O)C2N)NC(=O)CCCCCCCCCCC(=O)O)O1. The molecular formula is C67H121N7O32. The summed E-state index contributed by atoms with van der Waals surface area (Å²) in [4.78, 5) is 97.3. The number of nitrogens with two attached hydrogens (primary N) is 3. The first-order chi connectivity index (χ1) is 50.9. The summed E-state index contributed by atoms with van der Waals surface area (Å²) in [5, 5.41) is 71.7. The molecule has 106 heavy (non-hydrogen) atoms. The highest BCUT2D eigenvalue weighted by Gasteiger charge is 2.45. The summed E-state index contributed by atoms with van der Waals surface area (Å²) in [5.74, 6) is -3.91. The largest absolute Gasteiger partial charge is 0.481 e. The average Bonchev–Trinajstić information content (AvgIpc) is 0.829. The lowest BCUT2D eigenvalue weighted by Crippen LogP contribution is -2.62. The summed E-state index contributed by atoms with van der Waals surface area (Å²) < 4.78 is 100. The van der Waals surface area contributed by atoms with Gasteiger partial charge in [0, 0.05) is 78.9 Å². The summed E-state index contributed by atoms with van der Waals surface area (Å²) >= 11 is 0. The molecule has 0 aromatic carbocycles. The van der Waals surface area contributed by atoms with E-state index in [1.54, 1.807) is 0 Å². The molecule has 4 amide bonds. The number of hydrogen-bond donors (Lipinski definition) is 13. The van der Waals surface area contributed by atoms with Gasteiger partial charge in [-0.2, -0.15) is 0 Å². The Morgan fingerprint density at radius 2 is 0.708 bits per heavy atom. The lowest BCUT2D eigenvalue weighted by Gasteiger charge is -2.40. The molecule has 39 heteroatoms. The Balaban J connectivity index is 1.50. The molecule has 616 valence electrons. The topological polar surface area (TPSA) is 550 Å². The molecule has 0 aliphatic carbocycles. The molecule has 0 radical (unpaired) electrons. The van der Waals surface area contributed by atoms with Crippen LogP contribution < -0.4 is 38.5 Å². The zero-order chi connectivity index (χ0) is 77.7. The zero-order valence-corrected chi connectivity index (χ0v) is 61.6. The van der Waals surface area contributed by atoms with Gasteiger partial charge in [0.2, 0.25) is 23.6 Å². The molecule has 16 N–H and O–H groups in total.